The molecule has 1 saturated heterocycles. The van der Waals surface area contributed by atoms with Crippen LogP contribution in [0.5, 0.6) is 11.5 Å². The molecule has 1 fully saturated rings. The number of methoxy groups -OCH3 is 1. The Morgan fingerprint density at radius 1 is 1.05 bits per heavy atom. The fraction of sp³-hybridized carbons (Fsp3) is 0.235. The first kappa shape index (κ1) is 26.5. The number of nitriles is 1. The van der Waals surface area contributed by atoms with Crippen LogP contribution in [-0.2, 0) is 13.3 Å². The summed E-state index contributed by atoms with van der Waals surface area (Å²) in [5, 5.41) is 12.5. The van der Waals surface area contributed by atoms with E-state index in [-0.39, 0.29) is 5.82 Å². The number of likely N-dealkylation sites (tertiary alicyclic amines) is 1. The summed E-state index contributed by atoms with van der Waals surface area (Å²) in [7, 11) is 1.67. The predicted molar refractivity (Wildman–Crippen MR) is 162 cm³/mol. The van der Waals surface area contributed by atoms with Gasteiger partial charge in [0.25, 0.3) is 0 Å². The van der Waals surface area contributed by atoms with Gasteiger partial charge in [0.1, 0.15) is 28.9 Å². The average Bonchev–Trinajstić information content (AvgIpc) is 3.46. The molecule has 2 aliphatic heterocycles. The Kier molecular flexibility index (Phi) is 7.08. The van der Waals surface area contributed by atoms with E-state index in [9.17, 15) is 0 Å². The Labute approximate surface area is 250 Å². The molecule has 0 saturated carbocycles. The van der Waals surface area contributed by atoms with Gasteiger partial charge in [-0.3, -0.25) is 9.47 Å². The van der Waals surface area contributed by atoms with E-state index in [0.717, 1.165) is 77.9 Å². The Morgan fingerprint density at radius 3 is 2.67 bits per heavy atom. The third-order valence-electron chi connectivity index (χ3n) is 8.01. The number of anilines is 1. The summed E-state index contributed by atoms with van der Waals surface area (Å²) in [5.41, 5.74) is 6.02. The molecule has 43 heavy (non-hydrogen) atoms. The zero-order chi connectivity index (χ0) is 29.2. The van der Waals surface area contributed by atoms with Crippen molar-refractivity contribution in [3.8, 4) is 51.5 Å². The van der Waals surface area contributed by atoms with E-state index in [1.165, 1.54) is 5.56 Å². The second-order valence-corrected chi connectivity index (χ2v) is 10.7. The summed E-state index contributed by atoms with van der Waals surface area (Å²) in [6.07, 6.45) is 3.63. The van der Waals surface area contributed by atoms with Crippen LogP contribution < -0.4 is 14.8 Å². The van der Waals surface area contributed by atoms with Crippen LogP contribution in [0.15, 0.2) is 72.9 Å². The van der Waals surface area contributed by atoms with Crippen molar-refractivity contribution in [3.05, 3.63) is 96.4 Å². The molecule has 5 aromatic rings. The Hall–Kier alpha value is -5.38. The van der Waals surface area contributed by atoms with Gasteiger partial charge >= 0.3 is 0 Å². The number of imidazole rings is 1. The maximum absolute atomic E-state index is 9.06. The quantitative estimate of drug-likeness (QED) is 0.272. The van der Waals surface area contributed by atoms with Crippen LogP contribution in [0.25, 0.3) is 33.9 Å². The van der Waals surface area contributed by atoms with Crippen LogP contribution in [0.2, 0.25) is 0 Å². The fourth-order valence-electron chi connectivity index (χ4n) is 5.88. The maximum Gasteiger partial charge on any atom is 0.234 e. The molecule has 2 aromatic heterocycles. The zero-order valence-electron chi connectivity index (χ0n) is 23.7. The molecule has 0 aliphatic carbocycles. The van der Waals surface area contributed by atoms with Crippen molar-refractivity contribution in [2.75, 3.05) is 25.5 Å². The Balaban J connectivity index is 1.10. The largest absolute Gasteiger partial charge is 0.496 e. The van der Waals surface area contributed by atoms with E-state index in [1.54, 1.807) is 13.3 Å². The Bertz CT molecular complexity index is 1770. The highest BCUT2D eigenvalue weighted by Crippen LogP contribution is 2.45. The molecule has 1 N–H and O–H groups in total. The predicted octanol–water partition coefficient (Wildman–Crippen LogP) is 5.58. The minimum absolute atomic E-state index is 0.187. The van der Waals surface area contributed by atoms with Crippen LogP contribution in [0.3, 0.4) is 0 Å². The first-order chi connectivity index (χ1) is 21.2. The number of benzene rings is 2. The molecule has 0 bridgehead atoms. The smallest absolute Gasteiger partial charge is 0.234 e. The van der Waals surface area contributed by atoms with Crippen LogP contribution in [-0.4, -0.2) is 50.7 Å². The number of hydrogen-bond donors (Lipinski definition) is 1. The standard InChI is InChI=1S/C34H29N7O2/c1-42-27-8-5-9-28-31(27)34-39-32(33(41(34)22-43-28)25-6-3-2-4-7-25)24-12-10-23(11-13-24)21-40-18-15-26(16-19-40)37-29-14-17-36-30(20-35)38-29/h3,5-14,17,26H,15-16,18-19,21-22H2,1H3,(H,36,37,38). The lowest BCUT2D eigenvalue weighted by molar-refractivity contribution is 0.211. The van der Waals surface area contributed by atoms with Crippen molar-refractivity contribution in [3.63, 3.8) is 0 Å². The van der Waals surface area contributed by atoms with Gasteiger partial charge in [0, 0.05) is 43.0 Å². The molecule has 0 spiro atoms. The highest BCUT2D eigenvalue weighted by molar-refractivity contribution is 5.85. The number of fused-ring (bicyclic) bond motifs is 3. The van der Waals surface area contributed by atoms with Gasteiger partial charge in [-0.1, -0.05) is 42.5 Å². The molecule has 0 radical (unpaired) electrons. The number of nitrogens with zero attached hydrogens (tertiary/aromatic N) is 6. The summed E-state index contributed by atoms with van der Waals surface area (Å²) in [4.78, 5) is 15.9. The maximum atomic E-state index is 9.06. The zero-order valence-corrected chi connectivity index (χ0v) is 23.7. The van der Waals surface area contributed by atoms with Crippen molar-refractivity contribution in [2.24, 2.45) is 0 Å². The molecule has 0 atom stereocenters. The van der Waals surface area contributed by atoms with E-state index < -0.39 is 0 Å². The lowest BCUT2D eigenvalue weighted by atomic mass is 10.0. The SMILES string of the molecule is COc1cccc2c1-c1nc(-c3ccc(CN4CCC(Nc5ccnc(C#N)n5)CC4)cc3)c(-c3cc#ccc3)n1CO2. The topological polar surface area (TPSA) is 101 Å². The van der Waals surface area contributed by atoms with Crippen LogP contribution in [0.1, 0.15) is 24.2 Å². The highest BCUT2D eigenvalue weighted by atomic mass is 16.5. The van der Waals surface area contributed by atoms with Gasteiger partial charge in [0.05, 0.1) is 18.5 Å². The van der Waals surface area contributed by atoms with Gasteiger partial charge in [0.2, 0.25) is 5.82 Å². The molecule has 3 aromatic carbocycles. The molecule has 212 valence electrons. The van der Waals surface area contributed by atoms with Gasteiger partial charge in [-0.05, 0) is 54.8 Å². The van der Waals surface area contributed by atoms with Crippen LogP contribution in [0, 0.1) is 23.5 Å². The molecule has 0 unspecified atom stereocenters. The van der Waals surface area contributed by atoms with Crippen molar-refractivity contribution in [2.45, 2.75) is 32.2 Å². The Morgan fingerprint density at radius 2 is 1.91 bits per heavy atom. The van der Waals surface area contributed by atoms with Gasteiger partial charge in [0.15, 0.2) is 12.6 Å². The molecular weight excluding hydrogens is 538 g/mol. The van der Waals surface area contributed by atoms with E-state index in [0.29, 0.717) is 18.6 Å². The number of ether oxygens (including phenoxy) is 2. The van der Waals surface area contributed by atoms with Crippen molar-refractivity contribution in [1.29, 1.82) is 5.26 Å². The summed E-state index contributed by atoms with van der Waals surface area (Å²) in [5.74, 6) is 3.21. The van der Waals surface area contributed by atoms with Gasteiger partial charge in [-0.2, -0.15) is 5.26 Å². The van der Waals surface area contributed by atoms with Crippen LogP contribution in [0.4, 0.5) is 5.82 Å². The van der Waals surface area contributed by atoms with E-state index in [1.807, 2.05) is 48.5 Å². The van der Waals surface area contributed by atoms with Crippen molar-refractivity contribution in [1.82, 2.24) is 24.4 Å². The summed E-state index contributed by atoms with van der Waals surface area (Å²) < 4.78 is 14.0. The first-order valence-electron chi connectivity index (χ1n) is 14.3. The molecule has 9 heteroatoms. The lowest BCUT2D eigenvalue weighted by Crippen LogP contribution is -2.38. The summed E-state index contributed by atoms with van der Waals surface area (Å²) in [6.45, 7) is 3.20. The highest BCUT2D eigenvalue weighted by Gasteiger charge is 2.29. The summed E-state index contributed by atoms with van der Waals surface area (Å²) in [6, 6.07) is 30.6. The van der Waals surface area contributed by atoms with Crippen LogP contribution >= 0.6 is 0 Å². The lowest BCUT2D eigenvalue weighted by Gasteiger charge is -2.32. The molecule has 2 aliphatic rings. The molecule has 7 rings (SSSR count). The average molecular weight is 568 g/mol. The minimum Gasteiger partial charge on any atom is -0.496 e. The van der Waals surface area contributed by atoms with Gasteiger partial charge in [-0.15, -0.1) is 0 Å². The molecule has 0 amide bonds. The molecule has 9 nitrogen and oxygen atoms in total. The number of rotatable bonds is 7. The normalized spacial score (nSPS) is 14.5. The number of hydrogen-bond acceptors (Lipinski definition) is 8. The number of nitrogens with one attached hydrogen (secondary N) is 1. The summed E-state index contributed by atoms with van der Waals surface area (Å²) >= 11 is 0. The van der Waals surface area contributed by atoms with E-state index in [4.69, 9.17) is 19.7 Å². The van der Waals surface area contributed by atoms with Gasteiger partial charge < -0.3 is 14.8 Å². The monoisotopic (exact) mass is 567 g/mol. The number of aromatic nitrogens is 4. The van der Waals surface area contributed by atoms with E-state index >= 15 is 0 Å². The second kappa shape index (κ2) is 11.5. The van der Waals surface area contributed by atoms with E-state index in [2.05, 4.69) is 61.1 Å². The van der Waals surface area contributed by atoms with Gasteiger partial charge in [-0.25, -0.2) is 15.0 Å². The van der Waals surface area contributed by atoms with Crippen molar-refractivity contribution < 1.29 is 9.47 Å². The molecular formula is C34H29N7O2. The first-order valence-corrected chi connectivity index (χ1v) is 14.3. The fourth-order valence-corrected chi connectivity index (χ4v) is 5.88. The second-order valence-electron chi connectivity index (χ2n) is 10.7. The minimum atomic E-state index is 0.187. The number of piperidine rings is 1. The van der Waals surface area contributed by atoms with Crippen molar-refractivity contribution >= 4 is 5.82 Å². The molecule has 4 heterocycles. The third-order valence-corrected chi connectivity index (χ3v) is 8.01. The third kappa shape index (κ3) is 5.23.